The molecule has 0 heteroatoms. The second-order valence-electron chi connectivity index (χ2n) is 3.57. The van der Waals surface area contributed by atoms with Crippen molar-refractivity contribution in [1.82, 2.24) is 0 Å². The molecule has 0 spiro atoms. The molecule has 62 valence electrons. The van der Waals surface area contributed by atoms with Gasteiger partial charge in [-0.15, -0.1) is 0 Å². The Kier molecular flexibility index (Phi) is 1.99. The molecule has 0 aromatic heterocycles. The fraction of sp³-hybridized carbons (Fsp3) is 0.333. The van der Waals surface area contributed by atoms with Gasteiger partial charge in [0.25, 0.3) is 0 Å². The number of benzene rings is 1. The Bertz CT molecular complexity index is 278. The van der Waals surface area contributed by atoms with Gasteiger partial charge in [0.15, 0.2) is 0 Å². The molecule has 1 saturated carbocycles. The van der Waals surface area contributed by atoms with E-state index in [1.54, 1.807) is 5.57 Å². The first-order valence-electron chi connectivity index (χ1n) is 4.59. The summed E-state index contributed by atoms with van der Waals surface area (Å²) in [5, 5.41) is 0. The highest BCUT2D eigenvalue weighted by molar-refractivity contribution is 5.53. The normalized spacial score (nSPS) is 17.9. The average Bonchev–Trinajstić information content (AvgIpc) is 2.88. The molecule has 1 fully saturated rings. The van der Waals surface area contributed by atoms with Gasteiger partial charge in [0, 0.05) is 0 Å². The lowest BCUT2D eigenvalue weighted by molar-refractivity contribution is 1.02. The highest BCUT2D eigenvalue weighted by Crippen LogP contribution is 2.36. The van der Waals surface area contributed by atoms with E-state index in [-0.39, 0.29) is 0 Å². The van der Waals surface area contributed by atoms with Crippen LogP contribution in [-0.2, 0) is 0 Å². The monoisotopic (exact) mass is 158 g/mol. The molecule has 0 heterocycles. The third-order valence-corrected chi connectivity index (χ3v) is 2.42. The zero-order valence-electron chi connectivity index (χ0n) is 7.46. The van der Waals surface area contributed by atoms with Gasteiger partial charge in [-0.3, -0.25) is 0 Å². The molecular weight excluding hydrogens is 144 g/mol. The lowest BCUT2D eigenvalue weighted by Gasteiger charge is -1.96. The Morgan fingerprint density at radius 3 is 2.50 bits per heavy atom. The minimum Gasteiger partial charge on any atom is -0.0696 e. The lowest BCUT2D eigenvalue weighted by atomic mass is 10.1. The molecule has 1 aromatic rings. The fourth-order valence-electron chi connectivity index (χ4n) is 1.47. The van der Waals surface area contributed by atoms with Crippen molar-refractivity contribution < 1.29 is 0 Å². The standard InChI is InChI=1S/C12H14/c1-10(12-7-8-12)9-11-5-3-2-4-6-11/h2-6,9,12H,7-8H2,1H3/b10-9+. The van der Waals surface area contributed by atoms with Crippen LogP contribution in [0.5, 0.6) is 0 Å². The maximum absolute atomic E-state index is 2.30. The molecule has 0 amide bonds. The van der Waals surface area contributed by atoms with Crippen LogP contribution < -0.4 is 0 Å². The van der Waals surface area contributed by atoms with Gasteiger partial charge in [-0.05, 0) is 31.2 Å². The van der Waals surface area contributed by atoms with Gasteiger partial charge in [-0.25, -0.2) is 0 Å². The zero-order chi connectivity index (χ0) is 8.39. The van der Waals surface area contributed by atoms with E-state index in [1.807, 2.05) is 0 Å². The van der Waals surface area contributed by atoms with Crippen LogP contribution in [0.4, 0.5) is 0 Å². The third-order valence-electron chi connectivity index (χ3n) is 2.42. The van der Waals surface area contributed by atoms with E-state index in [0.717, 1.165) is 5.92 Å². The molecule has 0 aliphatic heterocycles. The van der Waals surface area contributed by atoms with E-state index in [9.17, 15) is 0 Å². The molecule has 12 heavy (non-hydrogen) atoms. The maximum Gasteiger partial charge on any atom is -0.0202 e. The predicted octanol–water partition coefficient (Wildman–Crippen LogP) is 3.50. The van der Waals surface area contributed by atoms with Crippen molar-refractivity contribution in [1.29, 1.82) is 0 Å². The predicted molar refractivity (Wildman–Crippen MR) is 52.8 cm³/mol. The van der Waals surface area contributed by atoms with E-state index < -0.39 is 0 Å². The van der Waals surface area contributed by atoms with E-state index in [1.165, 1.54) is 18.4 Å². The minimum atomic E-state index is 0.894. The Morgan fingerprint density at radius 2 is 1.92 bits per heavy atom. The van der Waals surface area contributed by atoms with Crippen molar-refractivity contribution >= 4 is 6.08 Å². The first-order valence-corrected chi connectivity index (χ1v) is 4.59. The summed E-state index contributed by atoms with van der Waals surface area (Å²) in [6.45, 7) is 2.24. The van der Waals surface area contributed by atoms with Crippen LogP contribution in [0.15, 0.2) is 35.9 Å². The summed E-state index contributed by atoms with van der Waals surface area (Å²) >= 11 is 0. The second kappa shape index (κ2) is 3.14. The molecule has 0 saturated heterocycles. The van der Waals surface area contributed by atoms with Gasteiger partial charge in [-0.2, -0.15) is 0 Å². The largest absolute Gasteiger partial charge is 0.0696 e. The van der Waals surface area contributed by atoms with Gasteiger partial charge in [-0.1, -0.05) is 42.0 Å². The van der Waals surface area contributed by atoms with Gasteiger partial charge < -0.3 is 0 Å². The van der Waals surface area contributed by atoms with Crippen molar-refractivity contribution in [2.45, 2.75) is 19.8 Å². The van der Waals surface area contributed by atoms with Crippen LogP contribution >= 0.6 is 0 Å². The molecule has 0 nitrogen and oxygen atoms in total. The van der Waals surface area contributed by atoms with Crippen molar-refractivity contribution in [3.63, 3.8) is 0 Å². The summed E-state index contributed by atoms with van der Waals surface area (Å²) in [7, 11) is 0. The van der Waals surface area contributed by atoms with Crippen LogP contribution in [0.2, 0.25) is 0 Å². The summed E-state index contributed by atoms with van der Waals surface area (Å²) in [4.78, 5) is 0. The topological polar surface area (TPSA) is 0 Å². The fourth-order valence-corrected chi connectivity index (χ4v) is 1.47. The second-order valence-corrected chi connectivity index (χ2v) is 3.57. The quantitative estimate of drug-likeness (QED) is 0.618. The van der Waals surface area contributed by atoms with Crippen LogP contribution in [0.1, 0.15) is 25.3 Å². The molecular formula is C12H14. The van der Waals surface area contributed by atoms with Crippen molar-refractivity contribution in [2.75, 3.05) is 0 Å². The Hall–Kier alpha value is -1.04. The van der Waals surface area contributed by atoms with Gasteiger partial charge in [0.05, 0.1) is 0 Å². The molecule has 0 atom stereocenters. The van der Waals surface area contributed by atoms with Gasteiger partial charge >= 0.3 is 0 Å². The van der Waals surface area contributed by atoms with E-state index in [2.05, 4.69) is 43.3 Å². The van der Waals surface area contributed by atoms with E-state index >= 15 is 0 Å². The summed E-state index contributed by atoms with van der Waals surface area (Å²) < 4.78 is 0. The summed E-state index contributed by atoms with van der Waals surface area (Å²) in [5.74, 6) is 0.894. The van der Waals surface area contributed by atoms with Crippen molar-refractivity contribution in [2.24, 2.45) is 5.92 Å². The zero-order valence-corrected chi connectivity index (χ0v) is 7.46. The smallest absolute Gasteiger partial charge is 0.0202 e. The van der Waals surface area contributed by atoms with E-state index in [0.29, 0.717) is 0 Å². The molecule has 0 N–H and O–H groups in total. The number of allylic oxidation sites excluding steroid dienone is 1. The number of rotatable bonds is 2. The lowest BCUT2D eigenvalue weighted by Crippen LogP contribution is -1.78. The molecule has 0 bridgehead atoms. The SMILES string of the molecule is C/C(=C\c1ccccc1)C1CC1. The van der Waals surface area contributed by atoms with Crippen molar-refractivity contribution in [3.8, 4) is 0 Å². The third kappa shape index (κ3) is 1.76. The van der Waals surface area contributed by atoms with Crippen LogP contribution in [0.3, 0.4) is 0 Å². The minimum absolute atomic E-state index is 0.894. The van der Waals surface area contributed by atoms with Crippen LogP contribution in [0, 0.1) is 5.92 Å². The molecule has 1 aromatic carbocycles. The summed E-state index contributed by atoms with van der Waals surface area (Å²) in [6.07, 6.45) is 5.10. The molecule has 1 aliphatic carbocycles. The highest BCUT2D eigenvalue weighted by Gasteiger charge is 2.22. The Morgan fingerprint density at radius 1 is 1.25 bits per heavy atom. The van der Waals surface area contributed by atoms with Gasteiger partial charge in [0.1, 0.15) is 0 Å². The summed E-state index contributed by atoms with van der Waals surface area (Å²) in [6, 6.07) is 10.6. The maximum atomic E-state index is 2.30. The first-order chi connectivity index (χ1) is 5.86. The first kappa shape index (κ1) is 7.60. The number of hydrogen-bond acceptors (Lipinski definition) is 0. The van der Waals surface area contributed by atoms with Gasteiger partial charge in [0.2, 0.25) is 0 Å². The van der Waals surface area contributed by atoms with Crippen LogP contribution in [0.25, 0.3) is 6.08 Å². The molecule has 0 unspecified atom stereocenters. The van der Waals surface area contributed by atoms with Crippen molar-refractivity contribution in [3.05, 3.63) is 41.5 Å². The molecule has 2 rings (SSSR count). The molecule has 0 radical (unpaired) electrons. The highest BCUT2D eigenvalue weighted by atomic mass is 14.3. The summed E-state index contributed by atoms with van der Waals surface area (Å²) in [5.41, 5.74) is 2.88. The van der Waals surface area contributed by atoms with Crippen LogP contribution in [-0.4, -0.2) is 0 Å². The average molecular weight is 158 g/mol. The Balaban J connectivity index is 2.15. The van der Waals surface area contributed by atoms with E-state index in [4.69, 9.17) is 0 Å². The molecule has 1 aliphatic rings. The number of hydrogen-bond donors (Lipinski definition) is 0. The Labute approximate surface area is 73.9 Å².